The first-order valence-corrected chi connectivity index (χ1v) is 7.92. The standard InChI is InChI=1S/C17H26N2O4/c1-16(2,3)23-15(21)19-13-9-12(5-6-14(13)20)10-17(22)7-4-8-18-11-17/h5-6,9,18,20,22H,4,7-8,10-11H2,1-3H3,(H,19,21). The zero-order valence-corrected chi connectivity index (χ0v) is 14.0. The topological polar surface area (TPSA) is 90.8 Å². The molecule has 1 amide bonds. The summed E-state index contributed by atoms with van der Waals surface area (Å²) < 4.78 is 5.19. The van der Waals surface area contributed by atoms with Crippen molar-refractivity contribution in [3.8, 4) is 5.75 Å². The number of piperidine rings is 1. The number of hydrogen-bond acceptors (Lipinski definition) is 5. The number of aromatic hydroxyl groups is 1. The molecular weight excluding hydrogens is 296 g/mol. The van der Waals surface area contributed by atoms with Crippen molar-refractivity contribution in [2.45, 2.75) is 51.2 Å². The predicted molar refractivity (Wildman–Crippen MR) is 88.7 cm³/mol. The normalized spacial score (nSPS) is 21.7. The van der Waals surface area contributed by atoms with E-state index >= 15 is 0 Å². The van der Waals surface area contributed by atoms with Gasteiger partial charge in [0.25, 0.3) is 0 Å². The van der Waals surface area contributed by atoms with Crippen LogP contribution in [-0.4, -0.2) is 40.6 Å². The molecule has 0 spiro atoms. The molecule has 1 heterocycles. The molecule has 1 aliphatic rings. The third-order valence-electron chi connectivity index (χ3n) is 3.68. The molecule has 0 aliphatic carbocycles. The third kappa shape index (κ3) is 5.41. The molecule has 0 radical (unpaired) electrons. The van der Waals surface area contributed by atoms with E-state index in [4.69, 9.17) is 4.74 Å². The van der Waals surface area contributed by atoms with E-state index in [-0.39, 0.29) is 11.4 Å². The lowest BCUT2D eigenvalue weighted by molar-refractivity contribution is 0.0169. The van der Waals surface area contributed by atoms with Crippen LogP contribution in [0.5, 0.6) is 5.75 Å². The number of β-amino-alcohol motifs (C(OH)–C–C–N with tert-alkyl or cyclic N) is 1. The van der Waals surface area contributed by atoms with Crippen LogP contribution >= 0.6 is 0 Å². The number of aliphatic hydroxyl groups is 1. The maximum absolute atomic E-state index is 11.8. The molecule has 0 bridgehead atoms. The molecule has 128 valence electrons. The van der Waals surface area contributed by atoms with Crippen LogP contribution in [0.25, 0.3) is 0 Å². The Morgan fingerprint density at radius 1 is 1.43 bits per heavy atom. The van der Waals surface area contributed by atoms with E-state index in [1.54, 1.807) is 32.9 Å². The first-order chi connectivity index (χ1) is 10.7. The van der Waals surface area contributed by atoms with Crippen LogP contribution in [0.4, 0.5) is 10.5 Å². The molecule has 1 fully saturated rings. The molecule has 0 aromatic heterocycles. The molecule has 1 aromatic rings. The minimum absolute atomic E-state index is 0.0339. The van der Waals surface area contributed by atoms with Crippen LogP contribution in [-0.2, 0) is 11.2 Å². The van der Waals surface area contributed by atoms with E-state index in [1.165, 1.54) is 6.07 Å². The van der Waals surface area contributed by atoms with Gasteiger partial charge in [0.05, 0.1) is 11.3 Å². The number of amides is 1. The number of nitrogens with one attached hydrogen (secondary N) is 2. The second-order valence-corrected chi connectivity index (χ2v) is 7.16. The number of carbonyl (C=O) groups is 1. The summed E-state index contributed by atoms with van der Waals surface area (Å²) in [6.07, 6.45) is 1.50. The number of phenols is 1. The summed E-state index contributed by atoms with van der Waals surface area (Å²) in [5.74, 6) is -0.0339. The molecule has 1 aliphatic heterocycles. The molecule has 23 heavy (non-hydrogen) atoms. The van der Waals surface area contributed by atoms with Gasteiger partial charge in [0.1, 0.15) is 11.4 Å². The highest BCUT2D eigenvalue weighted by atomic mass is 16.6. The zero-order valence-electron chi connectivity index (χ0n) is 14.0. The maximum atomic E-state index is 11.8. The van der Waals surface area contributed by atoms with Crippen LogP contribution < -0.4 is 10.6 Å². The highest BCUT2D eigenvalue weighted by Crippen LogP contribution is 2.28. The molecule has 1 aromatic carbocycles. The summed E-state index contributed by atoms with van der Waals surface area (Å²) in [4.78, 5) is 11.8. The maximum Gasteiger partial charge on any atom is 0.412 e. The first-order valence-electron chi connectivity index (χ1n) is 7.92. The zero-order chi connectivity index (χ0) is 17.1. The molecule has 1 atom stereocenters. The number of ether oxygens (including phenoxy) is 1. The Hall–Kier alpha value is -1.79. The van der Waals surface area contributed by atoms with E-state index in [0.717, 1.165) is 24.9 Å². The van der Waals surface area contributed by atoms with Gasteiger partial charge in [0.2, 0.25) is 0 Å². The Bertz CT molecular complexity index is 560. The Morgan fingerprint density at radius 3 is 2.78 bits per heavy atom. The number of carbonyl (C=O) groups excluding carboxylic acids is 1. The summed E-state index contributed by atoms with van der Waals surface area (Å²) in [5, 5.41) is 26.2. The van der Waals surface area contributed by atoms with Crippen molar-refractivity contribution in [3.63, 3.8) is 0 Å². The smallest absolute Gasteiger partial charge is 0.412 e. The Balaban J connectivity index is 2.08. The van der Waals surface area contributed by atoms with E-state index in [1.807, 2.05) is 0 Å². The lowest BCUT2D eigenvalue weighted by Crippen LogP contribution is -2.47. The fourth-order valence-corrected chi connectivity index (χ4v) is 2.69. The summed E-state index contributed by atoms with van der Waals surface area (Å²) in [5.41, 5.74) is -0.275. The Labute approximate surface area is 136 Å². The van der Waals surface area contributed by atoms with Crippen LogP contribution in [0.15, 0.2) is 18.2 Å². The van der Waals surface area contributed by atoms with Gasteiger partial charge in [-0.05, 0) is 57.9 Å². The molecule has 4 N–H and O–H groups in total. The van der Waals surface area contributed by atoms with Crippen molar-refractivity contribution in [1.82, 2.24) is 5.32 Å². The quantitative estimate of drug-likeness (QED) is 0.642. The summed E-state index contributed by atoms with van der Waals surface area (Å²) in [6, 6.07) is 4.94. The van der Waals surface area contributed by atoms with Gasteiger partial charge in [-0.3, -0.25) is 5.32 Å². The lowest BCUT2D eigenvalue weighted by Gasteiger charge is -2.32. The average Bonchev–Trinajstić information content (AvgIpc) is 2.41. The highest BCUT2D eigenvalue weighted by Gasteiger charge is 2.29. The summed E-state index contributed by atoms with van der Waals surface area (Å²) in [6.45, 7) is 6.78. The fourth-order valence-electron chi connectivity index (χ4n) is 2.69. The van der Waals surface area contributed by atoms with Gasteiger partial charge in [-0.25, -0.2) is 4.79 Å². The third-order valence-corrected chi connectivity index (χ3v) is 3.68. The van der Waals surface area contributed by atoms with E-state index in [0.29, 0.717) is 13.0 Å². The van der Waals surface area contributed by atoms with Crippen molar-refractivity contribution in [3.05, 3.63) is 23.8 Å². The number of rotatable bonds is 3. The Kier molecular flexibility index (Phi) is 5.16. The number of phenolic OH excluding ortho intramolecular Hbond substituents is 1. The molecule has 6 nitrogen and oxygen atoms in total. The molecule has 1 saturated heterocycles. The van der Waals surface area contributed by atoms with Gasteiger partial charge < -0.3 is 20.3 Å². The van der Waals surface area contributed by atoms with Gasteiger partial charge >= 0.3 is 6.09 Å². The molecule has 6 heteroatoms. The van der Waals surface area contributed by atoms with E-state index < -0.39 is 17.3 Å². The average molecular weight is 322 g/mol. The molecule has 0 saturated carbocycles. The van der Waals surface area contributed by atoms with Crippen molar-refractivity contribution in [1.29, 1.82) is 0 Å². The highest BCUT2D eigenvalue weighted by molar-refractivity contribution is 5.87. The van der Waals surface area contributed by atoms with Crippen molar-refractivity contribution in [2.75, 3.05) is 18.4 Å². The molecule has 1 unspecified atom stereocenters. The van der Waals surface area contributed by atoms with Crippen molar-refractivity contribution >= 4 is 11.8 Å². The molecular formula is C17H26N2O4. The molecule has 2 rings (SSSR count). The van der Waals surface area contributed by atoms with Crippen LogP contribution in [0.2, 0.25) is 0 Å². The second-order valence-electron chi connectivity index (χ2n) is 7.16. The summed E-state index contributed by atoms with van der Waals surface area (Å²) >= 11 is 0. The fraction of sp³-hybridized carbons (Fsp3) is 0.588. The van der Waals surface area contributed by atoms with Gasteiger partial charge in [0, 0.05) is 13.0 Å². The predicted octanol–water partition coefficient (Wildman–Crippen LogP) is 2.40. The van der Waals surface area contributed by atoms with Gasteiger partial charge in [0.15, 0.2) is 0 Å². The minimum atomic E-state index is -0.793. The van der Waals surface area contributed by atoms with E-state index in [2.05, 4.69) is 10.6 Å². The second kappa shape index (κ2) is 6.76. The largest absolute Gasteiger partial charge is 0.506 e. The monoisotopic (exact) mass is 322 g/mol. The number of hydrogen-bond donors (Lipinski definition) is 4. The Morgan fingerprint density at radius 2 is 2.17 bits per heavy atom. The summed E-state index contributed by atoms with van der Waals surface area (Å²) in [7, 11) is 0. The SMILES string of the molecule is CC(C)(C)OC(=O)Nc1cc(CC2(O)CCCNC2)ccc1O. The minimum Gasteiger partial charge on any atom is -0.506 e. The van der Waals surface area contributed by atoms with E-state index in [9.17, 15) is 15.0 Å². The van der Waals surface area contributed by atoms with Crippen LogP contribution in [0, 0.1) is 0 Å². The van der Waals surface area contributed by atoms with Crippen molar-refractivity contribution in [2.24, 2.45) is 0 Å². The number of benzene rings is 1. The van der Waals surface area contributed by atoms with Crippen molar-refractivity contribution < 1.29 is 19.7 Å². The van der Waals surface area contributed by atoms with Crippen LogP contribution in [0.3, 0.4) is 0 Å². The van der Waals surface area contributed by atoms with Gasteiger partial charge in [-0.1, -0.05) is 6.07 Å². The van der Waals surface area contributed by atoms with Gasteiger partial charge in [-0.2, -0.15) is 0 Å². The van der Waals surface area contributed by atoms with Crippen LogP contribution in [0.1, 0.15) is 39.2 Å². The number of anilines is 1. The van der Waals surface area contributed by atoms with Gasteiger partial charge in [-0.15, -0.1) is 0 Å². The lowest BCUT2D eigenvalue weighted by atomic mass is 9.87. The first kappa shape index (κ1) is 17.6.